The van der Waals surface area contributed by atoms with E-state index < -0.39 is 0 Å². The van der Waals surface area contributed by atoms with Crippen LogP contribution in [0.3, 0.4) is 0 Å². The zero-order valence-electron chi connectivity index (χ0n) is 13.3. The highest BCUT2D eigenvalue weighted by Crippen LogP contribution is 2.03. The monoisotopic (exact) mass is 300 g/mol. The maximum atomic E-state index is 12.1. The molecule has 0 spiro atoms. The van der Waals surface area contributed by atoms with Crippen LogP contribution in [0.1, 0.15) is 18.9 Å². The number of benzene rings is 1. The fourth-order valence-corrected chi connectivity index (χ4v) is 1.88. The Kier molecular flexibility index (Phi) is 8.21. The summed E-state index contributed by atoms with van der Waals surface area (Å²) in [5.74, 6) is 3.20. The number of hydrogen-bond acceptors (Lipinski definition) is 2. The van der Waals surface area contributed by atoms with Gasteiger partial charge in [0.15, 0.2) is 5.96 Å². The first kappa shape index (κ1) is 17.6. The van der Waals surface area contributed by atoms with Crippen LogP contribution in [0.4, 0.5) is 0 Å². The summed E-state index contributed by atoms with van der Waals surface area (Å²) in [4.78, 5) is 18.1. The van der Waals surface area contributed by atoms with Gasteiger partial charge in [0.05, 0.1) is 13.1 Å². The molecule has 0 heterocycles. The van der Waals surface area contributed by atoms with Crippen LogP contribution in [0.2, 0.25) is 0 Å². The Bertz CT molecular complexity index is 519. The molecule has 5 nitrogen and oxygen atoms in total. The number of hydrogen-bond donors (Lipinski definition) is 2. The number of carbonyl (C=O) groups is 1. The van der Waals surface area contributed by atoms with Gasteiger partial charge in [-0.2, -0.15) is 0 Å². The van der Waals surface area contributed by atoms with Gasteiger partial charge in [0.2, 0.25) is 5.91 Å². The van der Waals surface area contributed by atoms with Crippen LogP contribution in [-0.4, -0.2) is 43.4 Å². The summed E-state index contributed by atoms with van der Waals surface area (Å²) >= 11 is 0. The quantitative estimate of drug-likeness (QED) is 0.452. The predicted molar refractivity (Wildman–Crippen MR) is 90.3 cm³/mol. The Morgan fingerprint density at radius 2 is 2.05 bits per heavy atom. The Labute approximate surface area is 132 Å². The lowest BCUT2D eigenvalue weighted by atomic mass is 10.2. The molecule has 0 bridgehead atoms. The molecule has 1 amide bonds. The van der Waals surface area contributed by atoms with Gasteiger partial charge in [0.25, 0.3) is 0 Å². The third-order valence-corrected chi connectivity index (χ3v) is 2.99. The van der Waals surface area contributed by atoms with Gasteiger partial charge < -0.3 is 15.5 Å². The second-order valence-corrected chi connectivity index (χ2v) is 4.80. The van der Waals surface area contributed by atoms with Crippen LogP contribution >= 0.6 is 0 Å². The minimum absolute atomic E-state index is 0.0698. The molecular formula is C17H24N4O. The molecule has 0 saturated heterocycles. The number of rotatable bonds is 7. The van der Waals surface area contributed by atoms with E-state index in [1.54, 1.807) is 11.9 Å². The van der Waals surface area contributed by atoms with E-state index in [-0.39, 0.29) is 5.91 Å². The Balaban J connectivity index is 2.41. The molecule has 1 aromatic rings. The van der Waals surface area contributed by atoms with Crippen LogP contribution < -0.4 is 10.6 Å². The molecule has 22 heavy (non-hydrogen) atoms. The van der Waals surface area contributed by atoms with Crippen molar-refractivity contribution in [2.75, 3.05) is 26.7 Å². The summed E-state index contributed by atoms with van der Waals surface area (Å²) in [6, 6.07) is 9.92. The molecule has 0 unspecified atom stereocenters. The van der Waals surface area contributed by atoms with Gasteiger partial charge in [0, 0.05) is 26.6 Å². The van der Waals surface area contributed by atoms with E-state index in [9.17, 15) is 4.79 Å². The molecule has 0 saturated carbocycles. The van der Waals surface area contributed by atoms with Gasteiger partial charge in [-0.05, 0) is 12.5 Å². The van der Waals surface area contributed by atoms with Gasteiger partial charge in [0.1, 0.15) is 0 Å². The lowest BCUT2D eigenvalue weighted by Gasteiger charge is -2.17. The predicted octanol–water partition coefficient (Wildman–Crippen LogP) is 1.22. The third-order valence-electron chi connectivity index (χ3n) is 2.99. The first-order chi connectivity index (χ1) is 10.7. The highest BCUT2D eigenvalue weighted by atomic mass is 16.2. The first-order valence-corrected chi connectivity index (χ1v) is 7.41. The second-order valence-electron chi connectivity index (χ2n) is 4.80. The summed E-state index contributed by atoms with van der Waals surface area (Å²) in [6.07, 6.45) is 5.58. The van der Waals surface area contributed by atoms with E-state index in [2.05, 4.69) is 21.5 Å². The smallest absolute Gasteiger partial charge is 0.224 e. The highest BCUT2D eigenvalue weighted by Gasteiger charge is 2.08. The van der Waals surface area contributed by atoms with Crippen molar-refractivity contribution in [3.8, 4) is 12.3 Å². The van der Waals surface area contributed by atoms with Crippen molar-refractivity contribution in [3.05, 3.63) is 35.9 Å². The highest BCUT2D eigenvalue weighted by molar-refractivity contribution is 5.81. The van der Waals surface area contributed by atoms with Crippen LogP contribution in [0.15, 0.2) is 35.3 Å². The number of guanidine groups is 1. The maximum absolute atomic E-state index is 12.1. The number of terminal acetylenes is 1. The summed E-state index contributed by atoms with van der Waals surface area (Å²) in [5, 5.41) is 6.07. The lowest BCUT2D eigenvalue weighted by molar-refractivity contribution is -0.130. The van der Waals surface area contributed by atoms with E-state index in [0.29, 0.717) is 32.0 Å². The summed E-state index contributed by atoms with van der Waals surface area (Å²) in [7, 11) is 1.81. The normalized spacial score (nSPS) is 10.7. The molecule has 0 aliphatic heterocycles. The van der Waals surface area contributed by atoms with E-state index >= 15 is 0 Å². The van der Waals surface area contributed by atoms with Gasteiger partial charge in [-0.1, -0.05) is 36.3 Å². The molecule has 0 aliphatic rings. The van der Waals surface area contributed by atoms with Gasteiger partial charge in [-0.25, -0.2) is 0 Å². The van der Waals surface area contributed by atoms with Crippen molar-refractivity contribution >= 4 is 11.9 Å². The summed E-state index contributed by atoms with van der Waals surface area (Å²) < 4.78 is 0. The minimum Gasteiger partial charge on any atom is -0.357 e. The standard InChI is InChI=1S/C17H24N4O/c1-4-12-19-17(18-5-2)20-13-11-16(22)21(3)14-15-9-7-6-8-10-15/h1,6-10H,5,11-14H2,2-3H3,(H2,18,19,20). The molecule has 0 aromatic heterocycles. The van der Waals surface area contributed by atoms with Crippen LogP contribution in [0.5, 0.6) is 0 Å². The third kappa shape index (κ3) is 6.80. The van der Waals surface area contributed by atoms with Crippen molar-refractivity contribution in [2.45, 2.75) is 19.9 Å². The van der Waals surface area contributed by atoms with E-state index in [1.807, 2.05) is 37.3 Å². The SMILES string of the molecule is C#CCNC(=NCCC(=O)N(C)Cc1ccccc1)NCC. The second kappa shape index (κ2) is 10.3. The van der Waals surface area contributed by atoms with Crippen molar-refractivity contribution in [3.63, 3.8) is 0 Å². The minimum atomic E-state index is 0.0698. The Hall–Kier alpha value is -2.48. The van der Waals surface area contributed by atoms with E-state index in [0.717, 1.165) is 12.1 Å². The number of aliphatic imine (C=N–C) groups is 1. The van der Waals surface area contributed by atoms with Crippen molar-refractivity contribution in [2.24, 2.45) is 4.99 Å². The molecule has 5 heteroatoms. The zero-order chi connectivity index (χ0) is 16.2. The Morgan fingerprint density at radius 3 is 2.68 bits per heavy atom. The number of amides is 1. The number of nitrogens with zero attached hydrogens (tertiary/aromatic N) is 2. The van der Waals surface area contributed by atoms with E-state index in [1.165, 1.54) is 0 Å². The fourth-order valence-electron chi connectivity index (χ4n) is 1.88. The molecule has 1 rings (SSSR count). The van der Waals surface area contributed by atoms with E-state index in [4.69, 9.17) is 6.42 Å². The molecular weight excluding hydrogens is 276 g/mol. The number of nitrogens with one attached hydrogen (secondary N) is 2. The van der Waals surface area contributed by atoms with Crippen LogP contribution in [0.25, 0.3) is 0 Å². The molecule has 1 aromatic carbocycles. The van der Waals surface area contributed by atoms with Crippen LogP contribution in [-0.2, 0) is 11.3 Å². The summed E-state index contributed by atoms with van der Waals surface area (Å²) in [5.41, 5.74) is 1.12. The van der Waals surface area contributed by atoms with Gasteiger partial charge in [-0.15, -0.1) is 6.42 Å². The number of carbonyl (C=O) groups excluding carboxylic acids is 1. The molecule has 118 valence electrons. The average Bonchev–Trinajstić information content (AvgIpc) is 2.53. The molecule has 0 atom stereocenters. The fraction of sp³-hybridized carbons (Fsp3) is 0.412. The van der Waals surface area contributed by atoms with Gasteiger partial charge >= 0.3 is 0 Å². The topological polar surface area (TPSA) is 56.7 Å². The van der Waals surface area contributed by atoms with Crippen molar-refractivity contribution in [1.82, 2.24) is 15.5 Å². The van der Waals surface area contributed by atoms with Crippen LogP contribution in [0, 0.1) is 12.3 Å². The lowest BCUT2D eigenvalue weighted by Crippen LogP contribution is -2.37. The van der Waals surface area contributed by atoms with Gasteiger partial charge in [-0.3, -0.25) is 9.79 Å². The largest absolute Gasteiger partial charge is 0.357 e. The molecule has 2 N–H and O–H groups in total. The zero-order valence-corrected chi connectivity index (χ0v) is 13.3. The Morgan fingerprint density at radius 1 is 1.32 bits per heavy atom. The summed E-state index contributed by atoms with van der Waals surface area (Å²) in [6.45, 7) is 4.18. The first-order valence-electron chi connectivity index (χ1n) is 7.41. The molecule has 0 fully saturated rings. The molecule has 0 radical (unpaired) electrons. The van der Waals surface area contributed by atoms with Crippen molar-refractivity contribution < 1.29 is 4.79 Å². The average molecular weight is 300 g/mol. The van der Waals surface area contributed by atoms with Crippen molar-refractivity contribution in [1.29, 1.82) is 0 Å². The molecule has 0 aliphatic carbocycles. The maximum Gasteiger partial charge on any atom is 0.224 e.